The minimum atomic E-state index is -1.66. The summed E-state index contributed by atoms with van der Waals surface area (Å²) in [6.07, 6.45) is 9.28. The number of benzene rings is 2. The van der Waals surface area contributed by atoms with Crippen molar-refractivity contribution in [3.63, 3.8) is 0 Å². The lowest BCUT2D eigenvalue weighted by molar-refractivity contribution is -0.148. The number of thioether (sulfide) groups is 1. The zero-order valence-electron chi connectivity index (χ0n) is 60.1. The average molecular weight is 1490 g/mol. The number of likely N-dealkylation sites (tertiary alicyclic amines) is 4. The highest BCUT2D eigenvalue weighted by Gasteiger charge is 2.46. The summed E-state index contributed by atoms with van der Waals surface area (Å²) in [5.74, 6) is -9.01. The van der Waals surface area contributed by atoms with Crippen LogP contribution in [0.3, 0.4) is 0 Å². The van der Waals surface area contributed by atoms with Crippen LogP contribution in [0.25, 0.3) is 21.8 Å². The van der Waals surface area contributed by atoms with Crippen LogP contribution in [-0.2, 0) is 76.8 Å². The Kier molecular flexibility index (Phi) is 28.1. The first-order valence-corrected chi connectivity index (χ1v) is 37.5. The lowest BCUT2D eigenvalue weighted by atomic mass is 9.99. The predicted molar refractivity (Wildman–Crippen MR) is 392 cm³/mol. The van der Waals surface area contributed by atoms with Crippen LogP contribution in [-0.4, -0.2) is 257 Å². The topological polar surface area (TPSA) is 519 Å². The predicted octanol–water partition coefficient (Wildman–Crippen LogP) is -2.59. The van der Waals surface area contributed by atoms with E-state index < -0.39 is 162 Å². The molecule has 9 rings (SSSR count). The highest BCUT2D eigenvalue weighted by molar-refractivity contribution is 7.98. The third-order valence-corrected chi connectivity index (χ3v) is 20.7. The number of nitrogens with one attached hydrogen (secondary N) is 10. The molecule has 20 N–H and O–H groups in total. The second kappa shape index (κ2) is 37.2. The van der Waals surface area contributed by atoms with Gasteiger partial charge < -0.3 is 105 Å². The Morgan fingerprint density at radius 3 is 1.61 bits per heavy atom. The lowest BCUT2D eigenvalue weighted by Gasteiger charge is -2.34. The summed E-state index contributed by atoms with van der Waals surface area (Å²) in [4.78, 5) is 195. The molecule has 5 aromatic rings. The van der Waals surface area contributed by atoms with Crippen molar-refractivity contribution < 1.29 is 67.7 Å². The highest BCUT2D eigenvalue weighted by atomic mass is 32.2. The number of aliphatic hydroxyl groups excluding tert-OH is 2. The maximum Gasteiger partial charge on any atom is 0.248 e. The third-order valence-electron chi connectivity index (χ3n) is 20.1. The minimum Gasteiger partial charge on any atom is -0.394 e. The van der Waals surface area contributed by atoms with Crippen molar-refractivity contribution in [1.82, 2.24) is 76.8 Å². The minimum absolute atomic E-state index is 0.00973. The molecule has 34 nitrogen and oxygen atoms in total. The summed E-state index contributed by atoms with van der Waals surface area (Å²) in [5, 5.41) is 41.9. The number of carbonyl (C=O) groups is 12. The van der Waals surface area contributed by atoms with Gasteiger partial charge >= 0.3 is 0 Å². The van der Waals surface area contributed by atoms with Crippen LogP contribution in [0.15, 0.2) is 78.4 Å². The van der Waals surface area contributed by atoms with E-state index >= 15 is 0 Å². The number of amides is 12. The number of nitrogens with two attached hydrogens (primary N) is 4. The molecule has 7 heterocycles. The molecule has 13 atom stereocenters. The van der Waals surface area contributed by atoms with Gasteiger partial charge in [0.2, 0.25) is 70.9 Å². The van der Waals surface area contributed by atoms with Gasteiger partial charge in [0.15, 0.2) is 5.96 Å². The first kappa shape index (κ1) is 80.0. The number of carbonyl (C=O) groups excluding carboxylic acids is 12. The number of nitrogens with zero attached hydrogens (tertiary/aromatic N) is 6. The smallest absolute Gasteiger partial charge is 0.248 e. The van der Waals surface area contributed by atoms with Gasteiger partial charge in [-0.1, -0.05) is 50.2 Å². The van der Waals surface area contributed by atoms with Gasteiger partial charge in [-0.2, -0.15) is 11.8 Å². The second-order valence-corrected chi connectivity index (χ2v) is 28.8. The zero-order chi connectivity index (χ0) is 76.5. The van der Waals surface area contributed by atoms with Crippen molar-refractivity contribution in [3.8, 4) is 0 Å². The molecule has 2 aromatic carbocycles. The Hall–Kier alpha value is -10.1. The largest absolute Gasteiger partial charge is 0.394 e. The Bertz CT molecular complexity index is 3990. The molecular weight excluding hydrogens is 1390 g/mol. The number of aromatic amines is 3. The van der Waals surface area contributed by atoms with Gasteiger partial charge in [-0.05, 0) is 119 Å². The zero-order valence-corrected chi connectivity index (χ0v) is 60.9. The monoisotopic (exact) mass is 1490 g/mol. The number of H-pyrrole nitrogens is 3. The summed E-state index contributed by atoms with van der Waals surface area (Å²) >= 11 is 1.38. The molecule has 0 aliphatic carbocycles. The van der Waals surface area contributed by atoms with E-state index in [0.29, 0.717) is 60.0 Å². The van der Waals surface area contributed by atoms with Crippen LogP contribution in [0.5, 0.6) is 0 Å². The van der Waals surface area contributed by atoms with Gasteiger partial charge in [-0.3, -0.25) is 62.5 Å². The lowest BCUT2D eigenvalue weighted by Crippen LogP contribution is -2.61. The molecule has 574 valence electrons. The molecule has 0 unspecified atom stereocenters. The van der Waals surface area contributed by atoms with E-state index in [-0.39, 0.29) is 96.5 Å². The van der Waals surface area contributed by atoms with Gasteiger partial charge in [0, 0.05) is 98.1 Å². The van der Waals surface area contributed by atoms with E-state index in [1.807, 2.05) is 42.5 Å². The Balaban J connectivity index is 0.879. The molecule has 106 heavy (non-hydrogen) atoms. The Labute approximate surface area is 617 Å². The second-order valence-electron chi connectivity index (χ2n) is 27.8. The van der Waals surface area contributed by atoms with E-state index in [9.17, 15) is 67.7 Å². The fourth-order valence-corrected chi connectivity index (χ4v) is 14.8. The fraction of sp³-hybridized carbons (Fsp3) is 0.549. The van der Waals surface area contributed by atoms with Crippen LogP contribution in [0.4, 0.5) is 0 Å². The summed E-state index contributed by atoms with van der Waals surface area (Å²) in [7, 11) is 0. The number of aliphatic hydroxyl groups is 2. The number of primary amides is 1. The number of guanidine groups is 1. The SMILES string of the molecule is CSCC[C@H](NC(=O)[C@@H]1CCCN1C(=O)[C@@H]1CCCN1C(=O)[C@H](CCCN=C(N)N)NC(=O)[C@H](Cc1cnc[nH]1)NC(=O)[C@@H](N)[C@@H](C)O)C(=O)N[C@@H](Cc1c[nH]c2ccccc12)C(=O)N[C@@H](CO)C(=O)N1CCC[C@H]1C(=O)N[C@H](C(=O)N[C@@H](Cc1c[nH]c2ccccc12)C(=O)N1CCC[C@H]1C(N)=O)C(C)C. The maximum absolute atomic E-state index is 14.9. The van der Waals surface area contributed by atoms with E-state index in [0.717, 1.165) is 16.5 Å². The highest BCUT2D eigenvalue weighted by Crippen LogP contribution is 2.29. The number of fused-ring (bicyclic) bond motifs is 2. The molecule has 3 aromatic heterocycles. The normalized spacial score (nSPS) is 19.8. The summed E-state index contributed by atoms with van der Waals surface area (Å²) < 4.78 is 0. The van der Waals surface area contributed by atoms with Gasteiger partial charge in [0.05, 0.1) is 19.0 Å². The van der Waals surface area contributed by atoms with Crippen molar-refractivity contribution in [2.24, 2.45) is 33.8 Å². The Morgan fingerprint density at radius 2 is 1.05 bits per heavy atom. The van der Waals surface area contributed by atoms with Crippen LogP contribution in [0.1, 0.15) is 108 Å². The number of aromatic nitrogens is 4. The van der Waals surface area contributed by atoms with Gasteiger partial charge in [0.25, 0.3) is 0 Å². The summed E-state index contributed by atoms with van der Waals surface area (Å²) in [6.45, 7) is 4.35. The molecule has 0 spiro atoms. The number of hydrogen-bond acceptors (Lipinski definition) is 18. The maximum atomic E-state index is 14.9. The number of imidazole rings is 1. The molecule has 4 saturated heterocycles. The molecule has 4 aliphatic rings. The van der Waals surface area contributed by atoms with Crippen LogP contribution < -0.4 is 60.2 Å². The van der Waals surface area contributed by atoms with Crippen LogP contribution >= 0.6 is 11.8 Å². The van der Waals surface area contributed by atoms with Gasteiger partial charge in [0.1, 0.15) is 72.5 Å². The summed E-state index contributed by atoms with van der Waals surface area (Å²) in [6, 6.07) is -0.404. The average Bonchev–Trinajstić information content (AvgIpc) is 1.61. The van der Waals surface area contributed by atoms with Crippen LogP contribution in [0, 0.1) is 5.92 Å². The molecule has 0 bridgehead atoms. The first-order valence-electron chi connectivity index (χ1n) is 36.1. The molecular formula is C71H100N20O14S. The van der Waals surface area contributed by atoms with Crippen molar-refractivity contribution >= 4 is 110 Å². The fourth-order valence-electron chi connectivity index (χ4n) is 14.4. The standard InChI is InChI=1S/C71H100N20O14S/c1-38(2)58(66(101)85-51(68(103)88-25-10-19-53(88)59(73)94)31-41-34-79-46-17-8-6-15-44(41)46)87-64(99)55-21-11-26-89(55)69(104)52(36-92)86-61(96)49(30-40-33-78-45-16-7-5-14-43(40)45)83-60(95)47(23-29-106-4)81-63(98)54-20-12-27-90(54)70(105)56-22-13-28-91(56)67(102)48(18-9-24-77-71(74)75)82-62(97)50(32-42-35-76-37-80-42)84-65(100)57(72)39(3)93/h5-8,14-17,33-35,37-39,47-58,78-79,92-93H,9-13,18-32,36,72H2,1-4H3,(H2,73,94)(H,76,80)(H,81,98)(H,82,97)(H,83,95)(H,84,100)(H,85,101)(H,86,96)(H,87,99)(H4,74,75,77)/t39-,47+,48+,49+,50+,51+,52+,53+,54+,55+,56+,57+,58+/m1/s1. The molecule has 0 saturated carbocycles. The van der Waals surface area contributed by atoms with E-state index in [2.05, 4.69) is 62.1 Å². The van der Waals surface area contributed by atoms with Gasteiger partial charge in [-0.15, -0.1) is 0 Å². The van der Waals surface area contributed by atoms with E-state index in [4.69, 9.17) is 22.9 Å². The number of para-hydroxylation sites is 2. The molecule has 12 amide bonds. The number of aliphatic imine (C=N–C) groups is 1. The molecule has 0 radical (unpaired) electrons. The van der Waals surface area contributed by atoms with Crippen molar-refractivity contribution in [3.05, 3.63) is 90.3 Å². The van der Waals surface area contributed by atoms with Crippen LogP contribution in [0.2, 0.25) is 0 Å². The Morgan fingerprint density at radius 1 is 0.566 bits per heavy atom. The van der Waals surface area contributed by atoms with Crippen molar-refractivity contribution in [2.75, 3.05) is 51.3 Å². The molecule has 4 fully saturated rings. The van der Waals surface area contributed by atoms with Crippen molar-refractivity contribution in [1.29, 1.82) is 0 Å². The quantitative estimate of drug-likeness (QED) is 0.0112. The number of rotatable bonds is 35. The van der Waals surface area contributed by atoms with Crippen molar-refractivity contribution in [2.45, 2.75) is 189 Å². The third kappa shape index (κ3) is 19.9. The summed E-state index contributed by atoms with van der Waals surface area (Å²) in [5.41, 5.74) is 26.1. The van der Waals surface area contributed by atoms with E-state index in [1.54, 1.807) is 38.6 Å². The molecule has 35 heteroatoms. The number of hydrogen-bond donors (Lipinski definition) is 16. The molecule has 4 aliphatic heterocycles. The van der Waals surface area contributed by atoms with Gasteiger partial charge in [-0.25, -0.2) is 4.98 Å². The van der Waals surface area contributed by atoms with E-state index in [1.165, 1.54) is 50.8 Å². The first-order chi connectivity index (χ1) is 50.8.